The Labute approximate surface area is 882 Å². The minimum Gasteiger partial charge on any atom is -0.870 e. The predicted molar refractivity (Wildman–Crippen MR) is 553 cm³/mol. The SMILES string of the molecule is C.C.C1CCOC1.CC1=C(Cc2ccc(C#N)cc2F)c2ccccc2C1.CC1=C(Cc2ccc(C(=O)O)cc2F)c2ccccc2C1.CC1=Cc2ccccc2C1.CCOC(=O)c1ccc(CC2=C(C)Cc3ccccc32)c(F)c1.CCOC(=O)c1ccc(Cc2c(C)n(CC3CCCCC3)c3ccccc23)c(F)c1.CS(=O)(=O)OCC1CCCCC1.Cl.N#Cc1ccc(CBr)c(F)c1.O.[2H]CF.[K+].[OH-]. The molecule has 6 aliphatic carbocycles. The van der Waals surface area contributed by atoms with Crippen LogP contribution in [-0.4, -0.2) is 93.4 Å². The second-order valence-electron chi connectivity index (χ2n) is 34.5. The van der Waals surface area contributed by atoms with Crippen LogP contribution in [-0.2, 0) is 91.8 Å². The number of rotatable bonds is 19. The number of aromatic carboxylic acids is 1. The number of hydrogen-bond acceptors (Lipinski definition) is 12. The number of carboxylic acid groups (broad SMARTS) is 1. The Kier molecular flexibility index (Phi) is 53.0. The van der Waals surface area contributed by atoms with Gasteiger partial charge in [0.1, 0.15) is 29.1 Å². The van der Waals surface area contributed by atoms with Crippen LogP contribution in [0.15, 0.2) is 235 Å². The van der Waals surface area contributed by atoms with E-state index >= 15 is 0 Å². The summed E-state index contributed by atoms with van der Waals surface area (Å²) in [5, 5.41) is 27.7. The van der Waals surface area contributed by atoms with Gasteiger partial charge >= 0.3 is 69.3 Å². The Morgan fingerprint density at radius 1 is 0.507 bits per heavy atom. The average molecular weight is 2050 g/mol. The molecule has 0 unspecified atom stereocenters. The zero-order chi connectivity index (χ0) is 97.1. The van der Waals surface area contributed by atoms with E-state index in [0.29, 0.717) is 82.5 Å². The van der Waals surface area contributed by atoms with Crippen LogP contribution in [0.3, 0.4) is 0 Å². The summed E-state index contributed by atoms with van der Waals surface area (Å²) in [5.41, 5.74) is 27.0. The van der Waals surface area contributed by atoms with E-state index < -0.39 is 41.0 Å². The van der Waals surface area contributed by atoms with E-state index in [1.807, 2.05) is 48.5 Å². The fraction of sp³-hybridized carbons (Fsp3) is 0.348. The first-order chi connectivity index (χ1) is 65.0. The monoisotopic (exact) mass is 2050 g/mol. The number of allylic oxidation sites excluding steroid dienone is 7. The van der Waals surface area contributed by atoms with Gasteiger partial charge in [-0.25, -0.2) is 36.3 Å². The van der Waals surface area contributed by atoms with Crippen LogP contribution >= 0.6 is 28.3 Å². The second kappa shape index (κ2) is 61.7. The van der Waals surface area contributed by atoms with Gasteiger partial charge in [-0.3, -0.25) is 8.57 Å². The van der Waals surface area contributed by atoms with Crippen LogP contribution in [0.25, 0.3) is 33.7 Å². The van der Waals surface area contributed by atoms with E-state index in [1.54, 1.807) is 68.4 Å². The van der Waals surface area contributed by atoms with Gasteiger partial charge in [-0.2, -0.15) is 18.9 Å². The van der Waals surface area contributed by atoms with E-state index in [-0.39, 0.29) is 143 Å². The topological polar surface area (TPSA) is 257 Å². The number of nitriles is 2. The third-order valence-electron chi connectivity index (χ3n) is 24.9. The fourth-order valence-corrected chi connectivity index (χ4v) is 18.7. The molecule has 1 aromatic heterocycles. The molecule has 18 rings (SSSR count). The van der Waals surface area contributed by atoms with Crippen LogP contribution in [0.5, 0.6) is 0 Å². The maximum absolute atomic E-state index is 14.8. The molecule has 1 saturated heterocycles. The van der Waals surface area contributed by atoms with Gasteiger partial charge in [-0.15, -0.1) is 12.4 Å². The summed E-state index contributed by atoms with van der Waals surface area (Å²) >= 11 is 3.13. The number of para-hydroxylation sites is 1. The van der Waals surface area contributed by atoms with E-state index in [2.05, 4.69) is 146 Å². The number of carbonyl (C=O) groups is 3. The van der Waals surface area contributed by atoms with Gasteiger partial charge in [0, 0.05) is 67.4 Å². The van der Waals surface area contributed by atoms with Crippen molar-refractivity contribution in [1.29, 1.82) is 10.5 Å². The molecule has 742 valence electrons. The van der Waals surface area contributed by atoms with Gasteiger partial charge in [-0.05, 0) is 286 Å². The maximum atomic E-state index is 14.8. The van der Waals surface area contributed by atoms with Crippen LogP contribution in [0.4, 0.5) is 26.3 Å². The number of aromatic nitrogens is 1. The minimum absolute atomic E-state index is 0. The fourth-order valence-electron chi connectivity index (χ4n) is 17.8. The molecular weight excluding hydrogens is 1920 g/mol. The summed E-state index contributed by atoms with van der Waals surface area (Å²) in [6.07, 6.45) is 24.5. The normalized spacial score (nSPS) is 13.8. The number of halogens is 8. The van der Waals surface area contributed by atoms with E-state index in [1.165, 1.54) is 195 Å². The smallest absolute Gasteiger partial charge is 0.870 e. The van der Waals surface area contributed by atoms with Crippen molar-refractivity contribution in [1.82, 2.24) is 4.57 Å². The van der Waals surface area contributed by atoms with Crippen molar-refractivity contribution >= 4 is 90.1 Å². The first-order valence-corrected chi connectivity index (χ1v) is 48.8. The molecule has 7 aliphatic rings. The van der Waals surface area contributed by atoms with Crippen LogP contribution in [0.1, 0.15) is 261 Å². The van der Waals surface area contributed by atoms with Gasteiger partial charge < -0.3 is 34.8 Å². The van der Waals surface area contributed by atoms with E-state index in [4.69, 9.17) is 35.4 Å². The van der Waals surface area contributed by atoms with Crippen molar-refractivity contribution < 1.29 is 136 Å². The number of carboxylic acids is 1. The Bertz CT molecular complexity index is 6310. The molecule has 0 bridgehead atoms. The van der Waals surface area contributed by atoms with Crippen molar-refractivity contribution in [2.45, 2.75) is 204 Å². The first kappa shape index (κ1) is 120. The van der Waals surface area contributed by atoms with Crippen molar-refractivity contribution in [3.63, 3.8) is 0 Å². The van der Waals surface area contributed by atoms with Crippen LogP contribution in [0, 0.1) is 70.5 Å². The minimum atomic E-state index is -3.22. The molecule has 140 heavy (non-hydrogen) atoms. The molecule has 0 radical (unpaired) electrons. The molecule has 25 heteroatoms. The first-order valence-electron chi connectivity index (χ1n) is 46.5. The Hall–Kier alpha value is -10.1. The molecule has 10 aromatic carbocycles. The van der Waals surface area contributed by atoms with Gasteiger partial charge in [0.2, 0.25) is 0 Å². The number of esters is 2. The molecule has 0 atom stereocenters. The zero-order valence-electron chi connectivity index (χ0n) is 81.1. The predicted octanol–water partition coefficient (Wildman–Crippen LogP) is 25.2. The number of ether oxygens (including phenoxy) is 3. The zero-order valence-corrected chi connectivity index (χ0v) is 86.5. The number of nitrogens with zero attached hydrogens (tertiary/aromatic N) is 3. The van der Waals surface area contributed by atoms with Crippen molar-refractivity contribution in [2.75, 3.05) is 46.4 Å². The van der Waals surface area contributed by atoms with Crippen LogP contribution in [0.2, 0.25) is 0 Å². The molecule has 2 saturated carbocycles. The summed E-state index contributed by atoms with van der Waals surface area (Å²) in [5.74, 6) is -2.70. The van der Waals surface area contributed by atoms with Gasteiger partial charge in [0.25, 0.3) is 10.1 Å². The molecule has 3 fully saturated rings. The third kappa shape index (κ3) is 35.5. The molecule has 0 spiro atoms. The van der Waals surface area contributed by atoms with Gasteiger partial charge in [-0.1, -0.05) is 243 Å². The molecule has 1 aliphatic heterocycles. The van der Waals surface area contributed by atoms with Crippen molar-refractivity contribution in [3.8, 4) is 12.1 Å². The molecular formula is C115H132BrClF6KN3O12S. The second-order valence-corrected chi connectivity index (χ2v) is 36.7. The summed E-state index contributed by atoms with van der Waals surface area (Å²) < 4.78 is 129. The summed E-state index contributed by atoms with van der Waals surface area (Å²) in [6.45, 7) is 18.1. The molecule has 0 amide bonds. The number of carbonyl (C=O) groups excluding carboxylic acids is 2. The standard InChI is InChI=1S/C26H30FNO2.C20H19FO2.C18H14FN.C18H15FO2.C10H10.C8H5BrFN.C8H16O3S.C4H8O.CH3F.2CH4.ClH.K.2H2O/c1-3-30-26(29)21-14-13-20(24(27)16-21)15-23-18(2)28(17-19-9-5-4-6-10-19)25-12-8-7-11-22(23)25;1-3-23-20(22)16-9-8-15(19(21)12-16)11-18-13(2)10-14-6-4-5-7-17(14)18;1-12-8-14-4-2-3-5-16(14)17(12)10-15-7-6-13(11-20)9-18(15)19;1-11-8-12-4-2-3-5-15(12)16(11)9-13-6-7-14(18(20)21)10-17(13)19;1-8-6-9-4-2-3-5-10(9)7-8;9-4-7-2-1-6(5-11)3-8(7)10;1-12(9,10)11-7-8-5-3-2-4-6-8;1-2-4-5-3-1;1-2;;;;;;/h7-8,11-14,16,19H,3-6,9-10,15,17H2,1-2H3;4-9,12H,3,10-11H2,1-2H3;2-7,9H,8,10H2,1H3;2-7,10H,8-9H2,1H3,(H,20,21);2-6H,7H2,1H3;1-3H,4H2;8H,2-7H2,1H3;1-4H2;1H3;2*1H4;1H;;2*1H2/q;;;;;;;;;;;;+1;;/p-1/i;;;;;;;;1D;;;;;;. The Balaban J connectivity index is 0.000000344. The molecule has 2 heterocycles. The Morgan fingerprint density at radius 3 is 1.26 bits per heavy atom. The number of fused-ring (bicyclic) bond motifs is 5. The van der Waals surface area contributed by atoms with Gasteiger partial charge in [0.05, 0.1) is 74.6 Å². The average Bonchev–Trinajstić information content (AvgIpc) is 1.62. The summed E-state index contributed by atoms with van der Waals surface area (Å²) in [4.78, 5) is 34.4. The van der Waals surface area contributed by atoms with E-state index in [9.17, 15) is 49.1 Å². The maximum Gasteiger partial charge on any atom is 1.00 e. The largest absolute Gasteiger partial charge is 1.00 e. The van der Waals surface area contributed by atoms with Crippen molar-refractivity contribution in [3.05, 3.63) is 375 Å². The van der Waals surface area contributed by atoms with Crippen LogP contribution < -0.4 is 51.4 Å². The van der Waals surface area contributed by atoms with E-state index in [0.717, 1.165) is 82.1 Å². The molecule has 15 nitrogen and oxygen atoms in total. The van der Waals surface area contributed by atoms with Gasteiger partial charge in [0.15, 0.2) is 0 Å². The number of hydrogen-bond donors (Lipinski definition) is 1. The summed E-state index contributed by atoms with van der Waals surface area (Å²) in [6, 6.07) is 68.0. The molecule has 4 N–H and O–H groups in total. The quantitative estimate of drug-likeness (QED) is 0.0260. The third-order valence-corrected chi connectivity index (χ3v) is 26.0. The summed E-state index contributed by atoms with van der Waals surface area (Å²) in [7, 11) is -4.22. The number of benzene rings is 10. The Morgan fingerprint density at radius 2 is 0.879 bits per heavy atom. The van der Waals surface area contributed by atoms with Crippen molar-refractivity contribution in [2.24, 2.45) is 11.8 Å². The number of alkyl halides is 2. The molecule has 11 aromatic rings.